The van der Waals surface area contributed by atoms with Crippen LogP contribution in [0.4, 0.5) is 0 Å². The molecular formula is C11H16O5. The summed E-state index contributed by atoms with van der Waals surface area (Å²) in [6.07, 6.45) is 8.18. The van der Waals surface area contributed by atoms with Crippen molar-refractivity contribution in [1.82, 2.24) is 0 Å². The fourth-order valence-electron chi connectivity index (χ4n) is 1.40. The standard InChI is InChI=1S/C9H14O5.C2H2/c1-6(10)14-7-3-4-13-8(5-7)9(11)12-2;1-2/h7-8H,3-5H2,1-2H3;1-2H/t7-,8+;/m1./s1. The molecule has 1 rings (SSSR count). The van der Waals surface area contributed by atoms with Crippen LogP contribution >= 0.6 is 0 Å². The monoisotopic (exact) mass is 228 g/mol. The van der Waals surface area contributed by atoms with Gasteiger partial charge in [0.05, 0.1) is 13.7 Å². The third kappa shape index (κ3) is 4.80. The molecular weight excluding hydrogens is 212 g/mol. The summed E-state index contributed by atoms with van der Waals surface area (Å²) in [5, 5.41) is 0. The smallest absolute Gasteiger partial charge is 0.335 e. The SMILES string of the molecule is C#C.COC(=O)[C@@H]1C[C@H](OC(C)=O)CCO1. The fourth-order valence-corrected chi connectivity index (χ4v) is 1.40. The predicted octanol–water partition coefficient (Wildman–Crippen LogP) is 0.519. The number of hydrogen-bond donors (Lipinski definition) is 0. The van der Waals surface area contributed by atoms with Gasteiger partial charge in [0.2, 0.25) is 0 Å². The molecule has 0 bridgehead atoms. The number of terminal acetylenes is 1. The van der Waals surface area contributed by atoms with E-state index in [-0.39, 0.29) is 12.1 Å². The number of carbonyl (C=O) groups is 2. The minimum Gasteiger partial charge on any atom is -0.467 e. The Morgan fingerprint density at radius 3 is 2.50 bits per heavy atom. The van der Waals surface area contributed by atoms with Crippen LogP contribution in [-0.4, -0.2) is 37.9 Å². The van der Waals surface area contributed by atoms with Crippen molar-refractivity contribution in [3.8, 4) is 12.8 Å². The summed E-state index contributed by atoms with van der Waals surface area (Å²) >= 11 is 0. The van der Waals surface area contributed by atoms with Gasteiger partial charge in [-0.1, -0.05) is 0 Å². The number of hydrogen-bond acceptors (Lipinski definition) is 5. The van der Waals surface area contributed by atoms with Gasteiger partial charge in [0.15, 0.2) is 6.10 Å². The molecule has 0 aliphatic carbocycles. The van der Waals surface area contributed by atoms with Gasteiger partial charge in [-0.25, -0.2) is 4.79 Å². The van der Waals surface area contributed by atoms with Crippen molar-refractivity contribution in [3.63, 3.8) is 0 Å². The van der Waals surface area contributed by atoms with E-state index in [1.54, 1.807) is 0 Å². The average molecular weight is 228 g/mol. The van der Waals surface area contributed by atoms with Crippen molar-refractivity contribution < 1.29 is 23.8 Å². The van der Waals surface area contributed by atoms with Crippen molar-refractivity contribution in [3.05, 3.63) is 0 Å². The van der Waals surface area contributed by atoms with Crippen molar-refractivity contribution >= 4 is 11.9 Å². The molecule has 1 aliphatic heterocycles. The molecule has 0 spiro atoms. The van der Waals surface area contributed by atoms with Crippen molar-refractivity contribution in [2.75, 3.05) is 13.7 Å². The van der Waals surface area contributed by atoms with Crippen LogP contribution in [0.25, 0.3) is 0 Å². The normalized spacial score (nSPS) is 23.5. The van der Waals surface area contributed by atoms with E-state index in [0.717, 1.165) is 0 Å². The second kappa shape index (κ2) is 7.71. The van der Waals surface area contributed by atoms with Crippen molar-refractivity contribution in [2.24, 2.45) is 0 Å². The van der Waals surface area contributed by atoms with E-state index in [0.29, 0.717) is 19.4 Å². The Labute approximate surface area is 95.1 Å². The van der Waals surface area contributed by atoms with E-state index >= 15 is 0 Å². The largest absolute Gasteiger partial charge is 0.467 e. The number of rotatable bonds is 2. The molecule has 1 saturated heterocycles. The van der Waals surface area contributed by atoms with E-state index in [9.17, 15) is 9.59 Å². The van der Waals surface area contributed by atoms with Crippen LogP contribution in [0.3, 0.4) is 0 Å². The zero-order valence-electron chi connectivity index (χ0n) is 9.47. The molecule has 16 heavy (non-hydrogen) atoms. The number of esters is 2. The lowest BCUT2D eigenvalue weighted by atomic mass is 10.1. The first-order chi connectivity index (χ1) is 7.63. The van der Waals surface area contributed by atoms with Gasteiger partial charge in [-0.3, -0.25) is 4.79 Å². The first-order valence-corrected chi connectivity index (χ1v) is 4.83. The molecule has 0 unspecified atom stereocenters. The highest BCUT2D eigenvalue weighted by atomic mass is 16.6. The Balaban J connectivity index is 0.00000106. The summed E-state index contributed by atoms with van der Waals surface area (Å²) in [4.78, 5) is 21.8. The summed E-state index contributed by atoms with van der Waals surface area (Å²) in [5.74, 6) is -0.748. The summed E-state index contributed by atoms with van der Waals surface area (Å²) in [7, 11) is 1.31. The average Bonchev–Trinajstić information content (AvgIpc) is 2.30. The van der Waals surface area contributed by atoms with Crippen LogP contribution in [0, 0.1) is 12.8 Å². The molecule has 1 heterocycles. The Morgan fingerprint density at radius 1 is 1.38 bits per heavy atom. The maximum absolute atomic E-state index is 11.1. The minimum atomic E-state index is -0.599. The Kier molecular flexibility index (Phi) is 6.97. The lowest BCUT2D eigenvalue weighted by Crippen LogP contribution is -2.37. The summed E-state index contributed by atoms with van der Waals surface area (Å²) in [6.45, 7) is 1.76. The zero-order valence-corrected chi connectivity index (χ0v) is 9.47. The molecule has 1 aliphatic rings. The van der Waals surface area contributed by atoms with Crippen LogP contribution in [0.2, 0.25) is 0 Å². The first-order valence-electron chi connectivity index (χ1n) is 4.83. The number of ether oxygens (including phenoxy) is 3. The van der Waals surface area contributed by atoms with E-state index in [1.807, 2.05) is 0 Å². The number of carbonyl (C=O) groups excluding carboxylic acids is 2. The maximum Gasteiger partial charge on any atom is 0.335 e. The van der Waals surface area contributed by atoms with Gasteiger partial charge in [-0.2, -0.15) is 0 Å². The second-order valence-corrected chi connectivity index (χ2v) is 3.14. The van der Waals surface area contributed by atoms with Crippen molar-refractivity contribution in [1.29, 1.82) is 0 Å². The summed E-state index contributed by atoms with van der Waals surface area (Å²) in [6, 6.07) is 0. The molecule has 0 N–H and O–H groups in total. The quantitative estimate of drug-likeness (QED) is 0.509. The molecule has 0 aromatic rings. The molecule has 0 aromatic carbocycles. The van der Waals surface area contributed by atoms with Gasteiger partial charge >= 0.3 is 11.9 Å². The lowest BCUT2D eigenvalue weighted by Gasteiger charge is -2.27. The lowest BCUT2D eigenvalue weighted by molar-refractivity contribution is -0.168. The summed E-state index contributed by atoms with van der Waals surface area (Å²) < 4.78 is 14.7. The highest BCUT2D eigenvalue weighted by molar-refractivity contribution is 5.74. The predicted molar refractivity (Wildman–Crippen MR) is 56.4 cm³/mol. The van der Waals surface area contributed by atoms with Gasteiger partial charge in [-0.15, -0.1) is 12.8 Å². The molecule has 90 valence electrons. The highest BCUT2D eigenvalue weighted by Crippen LogP contribution is 2.17. The summed E-state index contributed by atoms with van der Waals surface area (Å²) in [5.41, 5.74) is 0. The van der Waals surface area contributed by atoms with Gasteiger partial charge in [0.1, 0.15) is 6.10 Å². The molecule has 0 aromatic heterocycles. The van der Waals surface area contributed by atoms with Gasteiger partial charge < -0.3 is 14.2 Å². The first kappa shape index (κ1) is 14.5. The third-order valence-corrected chi connectivity index (χ3v) is 2.03. The van der Waals surface area contributed by atoms with E-state index in [2.05, 4.69) is 17.6 Å². The molecule has 0 radical (unpaired) electrons. The molecule has 0 amide bonds. The van der Waals surface area contributed by atoms with E-state index in [1.165, 1.54) is 14.0 Å². The van der Waals surface area contributed by atoms with Crippen LogP contribution < -0.4 is 0 Å². The van der Waals surface area contributed by atoms with Crippen LogP contribution in [0.5, 0.6) is 0 Å². The Morgan fingerprint density at radius 2 is 2.00 bits per heavy atom. The Hall–Kier alpha value is -1.54. The highest BCUT2D eigenvalue weighted by Gasteiger charge is 2.30. The van der Waals surface area contributed by atoms with Crippen LogP contribution in [-0.2, 0) is 23.8 Å². The molecule has 0 saturated carbocycles. The molecule has 2 atom stereocenters. The second-order valence-electron chi connectivity index (χ2n) is 3.14. The Bertz CT molecular complexity index is 258. The van der Waals surface area contributed by atoms with Gasteiger partial charge in [0, 0.05) is 19.8 Å². The van der Waals surface area contributed by atoms with Crippen molar-refractivity contribution in [2.45, 2.75) is 32.0 Å². The molecule has 5 nitrogen and oxygen atoms in total. The maximum atomic E-state index is 11.1. The van der Waals surface area contributed by atoms with E-state index < -0.39 is 12.1 Å². The molecule has 1 fully saturated rings. The van der Waals surface area contributed by atoms with E-state index in [4.69, 9.17) is 9.47 Å². The van der Waals surface area contributed by atoms with Gasteiger partial charge in [0.25, 0.3) is 0 Å². The van der Waals surface area contributed by atoms with Gasteiger partial charge in [-0.05, 0) is 0 Å². The molecule has 5 heteroatoms. The minimum absolute atomic E-state index is 0.231. The number of methoxy groups -OCH3 is 1. The zero-order chi connectivity index (χ0) is 12.6. The fraction of sp³-hybridized carbons (Fsp3) is 0.636. The third-order valence-electron chi connectivity index (χ3n) is 2.03. The van der Waals surface area contributed by atoms with Crippen LogP contribution in [0.1, 0.15) is 19.8 Å². The van der Waals surface area contributed by atoms with Crippen LogP contribution in [0.15, 0.2) is 0 Å². The topological polar surface area (TPSA) is 61.8 Å².